The lowest BCUT2D eigenvalue weighted by Gasteiger charge is -2.45. The van der Waals surface area contributed by atoms with Gasteiger partial charge < -0.3 is 11.5 Å². The van der Waals surface area contributed by atoms with Gasteiger partial charge in [-0.1, -0.05) is 6.42 Å². The molecule has 134 valence electrons. The number of nitro benzene ring substituents is 1. The summed E-state index contributed by atoms with van der Waals surface area (Å²) in [6, 6.07) is 0.239. The predicted molar refractivity (Wildman–Crippen MR) is 84.5 cm³/mol. The van der Waals surface area contributed by atoms with Crippen molar-refractivity contribution in [1.82, 2.24) is 0 Å². The Hall–Kier alpha value is -2.85. The third-order valence-corrected chi connectivity index (χ3v) is 4.38. The minimum atomic E-state index is -1.78. The zero-order valence-electron chi connectivity index (χ0n) is 13.0. The van der Waals surface area contributed by atoms with Gasteiger partial charge in [-0.15, -0.1) is 0 Å². The predicted octanol–water partition coefficient (Wildman–Crippen LogP) is 2.12. The molecule has 0 unspecified atom stereocenters. The highest BCUT2D eigenvalue weighted by molar-refractivity contribution is 6.06. The molecule has 2 aliphatic rings. The molecule has 0 aromatic heterocycles. The molecule has 11 heteroatoms. The highest BCUT2D eigenvalue weighted by Gasteiger charge is 2.47. The molecule has 25 heavy (non-hydrogen) atoms. The quantitative estimate of drug-likeness (QED) is 0.477. The molecule has 1 heterocycles. The first-order chi connectivity index (χ1) is 11.8. The van der Waals surface area contributed by atoms with Crippen molar-refractivity contribution in [2.45, 2.75) is 37.8 Å². The van der Waals surface area contributed by atoms with Crippen molar-refractivity contribution in [2.24, 2.45) is 21.5 Å². The second kappa shape index (κ2) is 5.90. The van der Waals surface area contributed by atoms with E-state index in [1.807, 2.05) is 0 Å². The van der Waals surface area contributed by atoms with Crippen molar-refractivity contribution in [3.05, 3.63) is 33.6 Å². The van der Waals surface area contributed by atoms with Crippen LogP contribution in [0.5, 0.6) is 0 Å². The van der Waals surface area contributed by atoms with Crippen LogP contribution in [0.2, 0.25) is 0 Å². The maximum Gasteiger partial charge on any atom is 0.334 e. The minimum Gasteiger partial charge on any atom is -0.369 e. The van der Waals surface area contributed by atoms with E-state index in [1.165, 1.54) is 0 Å². The van der Waals surface area contributed by atoms with Crippen molar-refractivity contribution in [1.29, 1.82) is 0 Å². The molecule has 1 saturated carbocycles. The van der Waals surface area contributed by atoms with Crippen molar-refractivity contribution >= 4 is 23.3 Å². The van der Waals surface area contributed by atoms with E-state index >= 15 is 0 Å². The number of nitro groups is 1. The van der Waals surface area contributed by atoms with E-state index in [0.717, 1.165) is 11.3 Å². The van der Waals surface area contributed by atoms with E-state index in [-0.39, 0.29) is 18.0 Å². The fourth-order valence-corrected chi connectivity index (χ4v) is 3.40. The van der Waals surface area contributed by atoms with Crippen molar-refractivity contribution < 1.29 is 18.1 Å². The van der Waals surface area contributed by atoms with Crippen LogP contribution >= 0.6 is 0 Å². The van der Waals surface area contributed by atoms with Crippen LogP contribution in [-0.4, -0.2) is 22.5 Å². The largest absolute Gasteiger partial charge is 0.369 e. The first kappa shape index (κ1) is 17.0. The normalized spacial score (nSPS) is 19.6. The molecule has 1 fully saturated rings. The summed E-state index contributed by atoms with van der Waals surface area (Å²) in [5.74, 6) is -5.28. The maximum absolute atomic E-state index is 14.5. The Morgan fingerprint density at radius 3 is 2.40 bits per heavy atom. The van der Waals surface area contributed by atoms with Crippen LogP contribution < -0.4 is 16.4 Å². The maximum atomic E-state index is 14.5. The van der Waals surface area contributed by atoms with Gasteiger partial charge in [0.2, 0.25) is 17.7 Å². The third-order valence-electron chi connectivity index (χ3n) is 4.38. The van der Waals surface area contributed by atoms with Gasteiger partial charge in [-0.05, 0) is 25.7 Å². The fourth-order valence-electron chi connectivity index (χ4n) is 3.40. The second-order valence-electron chi connectivity index (χ2n) is 5.93. The molecule has 1 aliphatic carbocycles. The molecule has 1 aromatic carbocycles. The van der Waals surface area contributed by atoms with Crippen molar-refractivity contribution in [3.63, 3.8) is 0 Å². The van der Waals surface area contributed by atoms with E-state index < -0.39 is 39.4 Å². The number of hydrogen-bond acceptors (Lipinski definition) is 7. The average Bonchev–Trinajstić information content (AvgIpc) is 2.51. The molecule has 0 amide bonds. The minimum absolute atomic E-state index is 0.152. The summed E-state index contributed by atoms with van der Waals surface area (Å²) in [7, 11) is 0. The lowest BCUT2D eigenvalue weighted by molar-refractivity contribution is -0.387. The molecule has 1 aromatic rings. The average molecular weight is 356 g/mol. The first-order valence-electron chi connectivity index (χ1n) is 7.58. The van der Waals surface area contributed by atoms with Gasteiger partial charge in [-0.3, -0.25) is 15.0 Å². The molecule has 1 spiro atoms. The van der Waals surface area contributed by atoms with Crippen LogP contribution in [0.15, 0.2) is 16.1 Å². The van der Waals surface area contributed by atoms with E-state index in [0.29, 0.717) is 25.7 Å². The van der Waals surface area contributed by atoms with Crippen LogP contribution in [0.1, 0.15) is 32.1 Å². The molecule has 0 saturated heterocycles. The Labute approximate surface area is 140 Å². The van der Waals surface area contributed by atoms with Crippen molar-refractivity contribution in [2.75, 3.05) is 4.90 Å². The van der Waals surface area contributed by atoms with E-state index in [9.17, 15) is 23.3 Å². The van der Waals surface area contributed by atoms with Crippen LogP contribution in [0.4, 0.5) is 24.5 Å². The fraction of sp³-hybridized carbons (Fsp3) is 0.429. The number of rotatable bonds is 2. The Kier molecular flexibility index (Phi) is 4.01. The molecular weight excluding hydrogens is 341 g/mol. The first-order valence-corrected chi connectivity index (χ1v) is 7.58. The Morgan fingerprint density at radius 2 is 1.80 bits per heavy atom. The van der Waals surface area contributed by atoms with Gasteiger partial charge in [0.25, 0.3) is 0 Å². The number of anilines is 1. The molecule has 0 bridgehead atoms. The van der Waals surface area contributed by atoms with E-state index in [2.05, 4.69) is 9.98 Å². The molecule has 4 N–H and O–H groups in total. The van der Waals surface area contributed by atoms with Gasteiger partial charge in [0.05, 0.1) is 4.92 Å². The summed E-state index contributed by atoms with van der Waals surface area (Å²) in [5.41, 5.74) is 8.13. The second-order valence-corrected chi connectivity index (χ2v) is 5.93. The number of nitrogens with two attached hydrogens (primary N) is 2. The van der Waals surface area contributed by atoms with Crippen LogP contribution in [-0.2, 0) is 0 Å². The highest BCUT2D eigenvalue weighted by atomic mass is 19.2. The molecule has 3 rings (SSSR count). The number of benzene rings is 1. The standard InChI is InChI=1S/C14H15F3N6O2/c15-7-6-8(16)10(11(9(7)17)23(24)25)22-13(19)20-12(18)21-14(22)4-2-1-3-5-14/h6H,1-5H2,(H4,18,19,20,21). The number of halogens is 3. The number of hydrogen-bond donors (Lipinski definition) is 2. The lowest BCUT2D eigenvalue weighted by atomic mass is 9.87. The van der Waals surface area contributed by atoms with Gasteiger partial charge >= 0.3 is 5.69 Å². The summed E-state index contributed by atoms with van der Waals surface area (Å²) in [4.78, 5) is 19.0. The van der Waals surface area contributed by atoms with Gasteiger partial charge in [0.15, 0.2) is 17.3 Å². The lowest BCUT2D eigenvalue weighted by Crippen LogP contribution is -2.58. The van der Waals surface area contributed by atoms with Gasteiger partial charge in [0, 0.05) is 6.07 Å². The molecule has 8 nitrogen and oxygen atoms in total. The number of guanidine groups is 2. The summed E-state index contributed by atoms with van der Waals surface area (Å²) in [6.45, 7) is 0. The summed E-state index contributed by atoms with van der Waals surface area (Å²) in [5, 5.41) is 11.3. The van der Waals surface area contributed by atoms with Crippen LogP contribution in [0.3, 0.4) is 0 Å². The Morgan fingerprint density at radius 1 is 1.16 bits per heavy atom. The monoisotopic (exact) mass is 356 g/mol. The molecule has 0 atom stereocenters. The highest BCUT2D eigenvalue weighted by Crippen LogP contribution is 2.44. The summed E-state index contributed by atoms with van der Waals surface area (Å²) >= 11 is 0. The topological polar surface area (TPSA) is 123 Å². The third kappa shape index (κ3) is 2.65. The molecular formula is C14H15F3N6O2. The smallest absolute Gasteiger partial charge is 0.334 e. The van der Waals surface area contributed by atoms with Gasteiger partial charge in [-0.25, -0.2) is 13.8 Å². The SMILES string of the molecule is NC1=NC2(CCCCC2)N(c2c(F)cc(F)c(F)c2[N+](=O)[O-])C(N)=N1. The number of aliphatic imine (C=N–C) groups is 2. The zero-order chi connectivity index (χ0) is 18.4. The summed E-state index contributed by atoms with van der Waals surface area (Å²) < 4.78 is 42.1. The molecule has 1 aliphatic heterocycles. The Balaban J connectivity index is 2.28. The summed E-state index contributed by atoms with van der Waals surface area (Å²) in [6.07, 6.45) is 2.96. The van der Waals surface area contributed by atoms with Gasteiger partial charge in [-0.2, -0.15) is 9.38 Å². The molecule has 0 radical (unpaired) electrons. The van der Waals surface area contributed by atoms with Gasteiger partial charge in [0.1, 0.15) is 5.66 Å². The Bertz CT molecular complexity index is 804. The number of nitrogens with zero attached hydrogens (tertiary/aromatic N) is 4. The van der Waals surface area contributed by atoms with Crippen LogP contribution in [0.25, 0.3) is 0 Å². The zero-order valence-corrected chi connectivity index (χ0v) is 13.0. The van der Waals surface area contributed by atoms with E-state index in [4.69, 9.17) is 11.5 Å². The van der Waals surface area contributed by atoms with E-state index in [1.54, 1.807) is 0 Å². The van der Waals surface area contributed by atoms with Crippen LogP contribution in [0, 0.1) is 27.6 Å². The van der Waals surface area contributed by atoms with Crippen molar-refractivity contribution in [3.8, 4) is 0 Å².